The molecule has 0 radical (unpaired) electrons. The average molecular weight is 413 g/mol. The highest BCUT2D eigenvalue weighted by Gasteiger charge is 2.16. The maximum Gasteiger partial charge on any atom is 0.251 e. The van der Waals surface area contributed by atoms with Crippen molar-refractivity contribution in [3.63, 3.8) is 0 Å². The number of nitrogens with one attached hydrogen (secondary N) is 1. The molecule has 0 aliphatic heterocycles. The van der Waals surface area contributed by atoms with Crippen LogP contribution in [-0.4, -0.2) is 39.9 Å². The summed E-state index contributed by atoms with van der Waals surface area (Å²) in [7, 11) is -1.91. The van der Waals surface area contributed by atoms with E-state index >= 15 is 0 Å². The number of thioether (sulfide) groups is 1. The van der Waals surface area contributed by atoms with Crippen LogP contribution in [0.15, 0.2) is 47.4 Å². The number of halogens is 1. The van der Waals surface area contributed by atoms with Crippen LogP contribution in [0.3, 0.4) is 0 Å². The second-order valence-electron chi connectivity index (χ2n) is 5.79. The van der Waals surface area contributed by atoms with E-state index in [1.807, 2.05) is 24.3 Å². The SMILES string of the molecule is Cc1ccc(C(=O)NCCSc2ccc(Cl)cc2)cc1N(C)S(C)(=O)=O. The zero-order chi connectivity index (χ0) is 19.3. The molecule has 8 heteroatoms. The Balaban J connectivity index is 1.96. The van der Waals surface area contributed by atoms with Crippen LogP contribution in [0, 0.1) is 6.92 Å². The molecule has 1 amide bonds. The van der Waals surface area contributed by atoms with Gasteiger partial charge in [0.2, 0.25) is 10.0 Å². The van der Waals surface area contributed by atoms with Crippen molar-refractivity contribution in [2.24, 2.45) is 0 Å². The Morgan fingerprint density at radius 3 is 2.46 bits per heavy atom. The summed E-state index contributed by atoms with van der Waals surface area (Å²) in [5.41, 5.74) is 1.71. The molecule has 140 valence electrons. The molecular weight excluding hydrogens is 392 g/mol. The Bertz CT molecular complexity index is 884. The smallest absolute Gasteiger partial charge is 0.251 e. The van der Waals surface area contributed by atoms with Crippen molar-refractivity contribution in [1.82, 2.24) is 5.32 Å². The quantitative estimate of drug-likeness (QED) is 0.557. The third kappa shape index (κ3) is 5.65. The van der Waals surface area contributed by atoms with Crippen LogP contribution >= 0.6 is 23.4 Å². The maximum atomic E-state index is 12.3. The molecule has 0 unspecified atom stereocenters. The van der Waals surface area contributed by atoms with E-state index in [-0.39, 0.29) is 5.91 Å². The van der Waals surface area contributed by atoms with Crippen LogP contribution in [0.1, 0.15) is 15.9 Å². The van der Waals surface area contributed by atoms with Gasteiger partial charge in [-0.2, -0.15) is 0 Å². The predicted octanol–water partition coefficient (Wildman–Crippen LogP) is 3.57. The van der Waals surface area contributed by atoms with Gasteiger partial charge in [0, 0.05) is 34.8 Å². The van der Waals surface area contributed by atoms with E-state index in [9.17, 15) is 13.2 Å². The first-order valence-corrected chi connectivity index (χ1v) is 11.1. The second kappa shape index (κ2) is 8.79. The zero-order valence-corrected chi connectivity index (χ0v) is 17.2. The van der Waals surface area contributed by atoms with Crippen LogP contribution in [-0.2, 0) is 10.0 Å². The first-order chi connectivity index (χ1) is 12.2. The highest BCUT2D eigenvalue weighted by Crippen LogP contribution is 2.23. The highest BCUT2D eigenvalue weighted by molar-refractivity contribution is 7.99. The van der Waals surface area contributed by atoms with Gasteiger partial charge in [-0.05, 0) is 48.9 Å². The third-order valence-electron chi connectivity index (χ3n) is 3.78. The molecule has 26 heavy (non-hydrogen) atoms. The fourth-order valence-electron chi connectivity index (χ4n) is 2.23. The summed E-state index contributed by atoms with van der Waals surface area (Å²) in [5, 5.41) is 3.54. The molecule has 0 saturated heterocycles. The average Bonchev–Trinajstić information content (AvgIpc) is 2.59. The monoisotopic (exact) mass is 412 g/mol. The van der Waals surface area contributed by atoms with Crippen molar-refractivity contribution in [3.05, 3.63) is 58.6 Å². The normalized spacial score (nSPS) is 11.2. The van der Waals surface area contributed by atoms with E-state index in [1.54, 1.807) is 36.9 Å². The minimum atomic E-state index is -3.39. The summed E-state index contributed by atoms with van der Waals surface area (Å²) in [6, 6.07) is 12.6. The summed E-state index contributed by atoms with van der Waals surface area (Å²) >= 11 is 7.47. The molecule has 0 spiro atoms. The van der Waals surface area contributed by atoms with E-state index in [1.165, 1.54) is 11.4 Å². The lowest BCUT2D eigenvalue weighted by molar-refractivity contribution is 0.0956. The van der Waals surface area contributed by atoms with Crippen LogP contribution < -0.4 is 9.62 Å². The number of nitrogens with zero attached hydrogens (tertiary/aromatic N) is 1. The molecule has 0 aliphatic carbocycles. The number of anilines is 1. The lowest BCUT2D eigenvalue weighted by Gasteiger charge is -2.19. The molecule has 5 nitrogen and oxygen atoms in total. The van der Waals surface area contributed by atoms with Gasteiger partial charge in [0.1, 0.15) is 0 Å². The zero-order valence-electron chi connectivity index (χ0n) is 14.8. The molecule has 2 aromatic rings. The fourth-order valence-corrected chi connectivity index (χ4v) is 3.68. The summed E-state index contributed by atoms with van der Waals surface area (Å²) in [5.74, 6) is 0.486. The number of hydrogen-bond donors (Lipinski definition) is 1. The van der Waals surface area contributed by atoms with Crippen molar-refractivity contribution in [2.75, 3.05) is 29.9 Å². The van der Waals surface area contributed by atoms with Crippen LogP contribution in [0.4, 0.5) is 5.69 Å². The first-order valence-electron chi connectivity index (χ1n) is 7.89. The fraction of sp³-hybridized carbons (Fsp3) is 0.278. The number of carbonyl (C=O) groups is 1. The van der Waals surface area contributed by atoms with Crippen molar-refractivity contribution in [3.8, 4) is 0 Å². The Morgan fingerprint density at radius 2 is 1.85 bits per heavy atom. The minimum Gasteiger partial charge on any atom is -0.351 e. The molecule has 0 fully saturated rings. The van der Waals surface area contributed by atoms with Crippen molar-refractivity contribution in [2.45, 2.75) is 11.8 Å². The maximum absolute atomic E-state index is 12.3. The van der Waals surface area contributed by atoms with Crippen molar-refractivity contribution in [1.29, 1.82) is 0 Å². The first kappa shape index (κ1) is 20.6. The van der Waals surface area contributed by atoms with E-state index in [4.69, 9.17) is 11.6 Å². The Morgan fingerprint density at radius 1 is 1.19 bits per heavy atom. The Hall–Kier alpha value is -1.70. The molecule has 2 rings (SSSR count). The Kier molecular flexibility index (Phi) is 6.97. The van der Waals surface area contributed by atoms with Gasteiger partial charge >= 0.3 is 0 Å². The van der Waals surface area contributed by atoms with Gasteiger partial charge in [-0.1, -0.05) is 17.7 Å². The number of amides is 1. The number of hydrogen-bond acceptors (Lipinski definition) is 4. The number of sulfonamides is 1. The van der Waals surface area contributed by atoms with Gasteiger partial charge in [-0.25, -0.2) is 8.42 Å². The molecule has 0 aliphatic rings. The van der Waals surface area contributed by atoms with E-state index in [0.717, 1.165) is 22.5 Å². The minimum absolute atomic E-state index is 0.232. The second-order valence-corrected chi connectivity index (χ2v) is 9.41. The van der Waals surface area contributed by atoms with Crippen molar-refractivity contribution >= 4 is 45.0 Å². The molecule has 0 atom stereocenters. The predicted molar refractivity (Wildman–Crippen MR) is 109 cm³/mol. The van der Waals surface area contributed by atoms with Gasteiger partial charge in [0.05, 0.1) is 11.9 Å². The highest BCUT2D eigenvalue weighted by atomic mass is 35.5. The number of rotatable bonds is 7. The summed E-state index contributed by atoms with van der Waals surface area (Å²) < 4.78 is 24.7. The largest absolute Gasteiger partial charge is 0.351 e. The van der Waals surface area contributed by atoms with Gasteiger partial charge in [0.25, 0.3) is 5.91 Å². The van der Waals surface area contributed by atoms with E-state index in [2.05, 4.69) is 5.32 Å². The number of aryl methyl sites for hydroxylation is 1. The summed E-state index contributed by atoms with van der Waals surface area (Å²) in [6.45, 7) is 2.30. The Labute approximate surface area is 163 Å². The lowest BCUT2D eigenvalue weighted by atomic mass is 10.1. The van der Waals surface area contributed by atoms with Gasteiger partial charge in [0.15, 0.2) is 0 Å². The van der Waals surface area contributed by atoms with Crippen LogP contribution in [0.25, 0.3) is 0 Å². The lowest BCUT2D eigenvalue weighted by Crippen LogP contribution is -2.28. The molecule has 2 aromatic carbocycles. The standard InChI is InChI=1S/C18H21ClN2O3S2/c1-13-4-5-14(12-17(13)21(2)26(3,23)24)18(22)20-10-11-25-16-8-6-15(19)7-9-16/h4-9,12H,10-11H2,1-3H3,(H,20,22). The van der Waals surface area contributed by atoms with Crippen LogP contribution in [0.5, 0.6) is 0 Å². The number of carbonyl (C=O) groups excluding carboxylic acids is 1. The summed E-state index contributed by atoms with van der Waals surface area (Å²) in [6.07, 6.45) is 1.13. The van der Waals surface area contributed by atoms with Crippen molar-refractivity contribution < 1.29 is 13.2 Å². The van der Waals surface area contributed by atoms with E-state index in [0.29, 0.717) is 22.8 Å². The molecule has 0 saturated carbocycles. The number of benzene rings is 2. The van der Waals surface area contributed by atoms with E-state index < -0.39 is 10.0 Å². The van der Waals surface area contributed by atoms with Crippen LogP contribution in [0.2, 0.25) is 5.02 Å². The van der Waals surface area contributed by atoms with Gasteiger partial charge in [-0.3, -0.25) is 9.10 Å². The molecule has 0 bridgehead atoms. The van der Waals surface area contributed by atoms with Gasteiger partial charge in [-0.15, -0.1) is 11.8 Å². The topological polar surface area (TPSA) is 66.5 Å². The summed E-state index contributed by atoms with van der Waals surface area (Å²) in [4.78, 5) is 13.4. The molecule has 0 heterocycles. The van der Waals surface area contributed by atoms with Gasteiger partial charge < -0.3 is 5.32 Å². The molecule has 1 N–H and O–H groups in total. The molecular formula is C18H21ClN2O3S2. The third-order valence-corrected chi connectivity index (χ3v) is 6.24. The molecule has 0 aromatic heterocycles.